The summed E-state index contributed by atoms with van der Waals surface area (Å²) in [5.41, 5.74) is 0.350. The number of nitrogens with zero attached hydrogens (tertiary/aromatic N) is 3. The van der Waals surface area contributed by atoms with Gasteiger partial charge >= 0.3 is 0 Å². The summed E-state index contributed by atoms with van der Waals surface area (Å²) in [7, 11) is 1.80. The molecule has 1 saturated heterocycles. The number of rotatable bonds is 5. The predicted molar refractivity (Wildman–Crippen MR) is 133 cm³/mol. The number of amidine groups is 1. The Bertz CT molecular complexity index is 1300. The van der Waals surface area contributed by atoms with E-state index in [-0.39, 0.29) is 30.1 Å². The zero-order chi connectivity index (χ0) is 25.3. The normalized spacial score (nSPS) is 23.5. The third-order valence-corrected chi connectivity index (χ3v) is 7.57. The summed E-state index contributed by atoms with van der Waals surface area (Å²) in [4.78, 5) is 17.6. The lowest BCUT2D eigenvalue weighted by Crippen LogP contribution is -2.49. The highest BCUT2D eigenvalue weighted by molar-refractivity contribution is 8.13. The Morgan fingerprint density at radius 2 is 2.06 bits per heavy atom. The smallest absolute Gasteiger partial charge is 0.257 e. The third-order valence-electron chi connectivity index (χ3n) is 6.53. The molecule has 0 radical (unpaired) electrons. The predicted octanol–water partition coefficient (Wildman–Crippen LogP) is 4.60. The van der Waals surface area contributed by atoms with Crippen molar-refractivity contribution >= 4 is 22.8 Å². The summed E-state index contributed by atoms with van der Waals surface area (Å²) < 4.78 is 42.4. The first-order valence-corrected chi connectivity index (χ1v) is 12.7. The Labute approximate surface area is 211 Å². The molecule has 2 aliphatic heterocycles. The second kappa shape index (κ2) is 10.0. The van der Waals surface area contributed by atoms with Crippen molar-refractivity contribution in [2.75, 3.05) is 19.0 Å². The fourth-order valence-electron chi connectivity index (χ4n) is 4.73. The molecule has 0 bridgehead atoms. The first-order chi connectivity index (χ1) is 17.4. The van der Waals surface area contributed by atoms with Crippen molar-refractivity contribution in [3.8, 4) is 5.88 Å². The average molecular weight is 513 g/mol. The Balaban J connectivity index is 1.47. The molecule has 188 valence electrons. The van der Waals surface area contributed by atoms with Gasteiger partial charge in [-0.2, -0.15) is 5.10 Å². The number of hydrogen-bond acceptors (Lipinski definition) is 6. The molecule has 0 unspecified atom stereocenters. The van der Waals surface area contributed by atoms with Crippen molar-refractivity contribution < 1.29 is 23.0 Å². The second-order valence-corrected chi connectivity index (χ2v) is 9.80. The number of carbonyl (C=O) groups excluding carboxylic acids is 1. The van der Waals surface area contributed by atoms with Gasteiger partial charge < -0.3 is 14.8 Å². The average Bonchev–Trinajstić information content (AvgIpc) is 3.24. The number of fused-ring (bicyclic) bond motifs is 1. The summed E-state index contributed by atoms with van der Waals surface area (Å²) in [5, 5.41) is 7.77. The van der Waals surface area contributed by atoms with Crippen LogP contribution in [0.1, 0.15) is 41.1 Å². The van der Waals surface area contributed by atoms with Gasteiger partial charge in [0.2, 0.25) is 5.88 Å². The molecule has 10 heteroatoms. The highest BCUT2D eigenvalue weighted by atomic mass is 32.2. The van der Waals surface area contributed by atoms with E-state index in [2.05, 4.69) is 10.4 Å². The molecule has 2 aromatic carbocycles. The van der Waals surface area contributed by atoms with E-state index in [4.69, 9.17) is 14.5 Å². The molecule has 1 N–H and O–H groups in total. The van der Waals surface area contributed by atoms with Gasteiger partial charge in [0.25, 0.3) is 5.91 Å². The molecule has 1 fully saturated rings. The summed E-state index contributed by atoms with van der Waals surface area (Å²) >= 11 is 1.40. The Morgan fingerprint density at radius 1 is 1.25 bits per heavy atom. The Hall–Kier alpha value is -3.24. The van der Waals surface area contributed by atoms with Crippen molar-refractivity contribution in [3.63, 3.8) is 0 Å². The molecule has 1 amide bonds. The molecule has 7 nitrogen and oxygen atoms in total. The maximum Gasteiger partial charge on any atom is 0.257 e. The standard InChI is InChI=1S/C26H26F2N4O3S/c1-3-34-23-13-21(31-32(23)2)22-11-17-14-36-25(29-24(33)16-7-5-4-6-8-16)30-26(17,15-35-22)19-10-9-18(27)12-20(19)28/h4-10,12-13,17,22H,3,11,14-15H2,1-2H3,(H,29,30,33)/t17-,22+,26-/m0/s1. The molecule has 3 atom stereocenters. The summed E-state index contributed by atoms with van der Waals surface area (Å²) in [5.74, 6) is -0.599. The first kappa shape index (κ1) is 24.5. The minimum Gasteiger partial charge on any atom is -0.478 e. The van der Waals surface area contributed by atoms with Crippen LogP contribution in [0.3, 0.4) is 0 Å². The van der Waals surface area contributed by atoms with E-state index in [0.717, 1.165) is 11.8 Å². The number of benzene rings is 2. The van der Waals surface area contributed by atoms with Crippen LogP contribution in [0.2, 0.25) is 0 Å². The topological polar surface area (TPSA) is 77.7 Å². The number of aliphatic imine (C=N–C) groups is 1. The fraction of sp³-hybridized carbons (Fsp3) is 0.346. The number of nitrogens with one attached hydrogen (secondary N) is 1. The lowest BCUT2D eigenvalue weighted by atomic mass is 9.74. The quantitative estimate of drug-likeness (QED) is 0.541. The van der Waals surface area contributed by atoms with Gasteiger partial charge in [-0.05, 0) is 31.5 Å². The van der Waals surface area contributed by atoms with Crippen LogP contribution in [0.4, 0.5) is 8.78 Å². The fourth-order valence-corrected chi connectivity index (χ4v) is 5.89. The molecule has 0 saturated carbocycles. The number of carbonyl (C=O) groups is 1. The van der Waals surface area contributed by atoms with Crippen LogP contribution in [0.15, 0.2) is 59.6 Å². The minimum atomic E-state index is -1.11. The molecular weight excluding hydrogens is 486 g/mol. The number of aryl methyl sites for hydroxylation is 1. The van der Waals surface area contributed by atoms with Crippen molar-refractivity contribution in [1.29, 1.82) is 0 Å². The molecule has 5 rings (SSSR count). The van der Waals surface area contributed by atoms with Gasteiger partial charge in [-0.25, -0.2) is 18.5 Å². The van der Waals surface area contributed by atoms with Gasteiger partial charge in [0, 0.05) is 42.0 Å². The van der Waals surface area contributed by atoms with Crippen molar-refractivity contribution in [2.24, 2.45) is 18.0 Å². The molecule has 3 aromatic rings. The largest absolute Gasteiger partial charge is 0.478 e. The molecule has 2 aliphatic rings. The van der Waals surface area contributed by atoms with E-state index in [1.807, 2.05) is 19.1 Å². The van der Waals surface area contributed by atoms with Gasteiger partial charge in [0.15, 0.2) is 5.17 Å². The summed E-state index contributed by atoms with van der Waals surface area (Å²) in [6.45, 7) is 2.47. The monoisotopic (exact) mass is 512 g/mol. The highest BCUT2D eigenvalue weighted by Crippen LogP contribution is 2.50. The van der Waals surface area contributed by atoms with Crippen LogP contribution in [0.25, 0.3) is 0 Å². The van der Waals surface area contributed by atoms with E-state index in [0.29, 0.717) is 35.4 Å². The van der Waals surface area contributed by atoms with Crippen LogP contribution < -0.4 is 10.1 Å². The van der Waals surface area contributed by atoms with Crippen LogP contribution in [0, 0.1) is 17.6 Å². The molecule has 1 aromatic heterocycles. The summed E-state index contributed by atoms with van der Waals surface area (Å²) in [6, 6.07) is 14.2. The minimum absolute atomic E-state index is 0.0523. The lowest BCUT2D eigenvalue weighted by molar-refractivity contribution is -0.0608. The van der Waals surface area contributed by atoms with E-state index in [1.54, 1.807) is 36.0 Å². The van der Waals surface area contributed by atoms with Crippen LogP contribution >= 0.6 is 11.8 Å². The highest BCUT2D eigenvalue weighted by Gasteiger charge is 2.50. The zero-order valence-electron chi connectivity index (χ0n) is 19.9. The maximum atomic E-state index is 15.1. The van der Waals surface area contributed by atoms with Crippen LogP contribution in [-0.2, 0) is 17.3 Å². The van der Waals surface area contributed by atoms with Gasteiger partial charge in [0.05, 0.1) is 18.9 Å². The molecular formula is C26H26F2N4O3S. The van der Waals surface area contributed by atoms with Crippen molar-refractivity contribution in [1.82, 2.24) is 15.1 Å². The molecule has 3 heterocycles. The number of halogens is 2. The lowest BCUT2D eigenvalue weighted by Gasteiger charge is -2.46. The van der Waals surface area contributed by atoms with Crippen LogP contribution in [-0.4, -0.2) is 39.8 Å². The van der Waals surface area contributed by atoms with E-state index in [1.165, 1.54) is 23.9 Å². The number of aromatic nitrogens is 2. The van der Waals surface area contributed by atoms with Gasteiger partial charge in [-0.3, -0.25) is 4.79 Å². The SMILES string of the molecule is CCOc1cc([C@H]2C[C@H]3CSC(NC(=O)c4ccccc4)=N[C@@]3(c3ccc(F)cc3F)CO2)nn1C. The molecule has 0 aliphatic carbocycles. The first-order valence-electron chi connectivity index (χ1n) is 11.7. The third kappa shape index (κ3) is 4.62. The second-order valence-electron chi connectivity index (χ2n) is 8.79. The van der Waals surface area contributed by atoms with Crippen LogP contribution in [0.5, 0.6) is 5.88 Å². The summed E-state index contributed by atoms with van der Waals surface area (Å²) in [6.07, 6.45) is 0.193. The van der Waals surface area contributed by atoms with Gasteiger partial charge in [-0.15, -0.1) is 0 Å². The van der Waals surface area contributed by atoms with Crippen molar-refractivity contribution in [3.05, 3.63) is 83.1 Å². The van der Waals surface area contributed by atoms with E-state index < -0.39 is 17.2 Å². The van der Waals surface area contributed by atoms with E-state index >= 15 is 4.39 Å². The number of thioether (sulfide) groups is 1. The Morgan fingerprint density at radius 3 is 2.81 bits per heavy atom. The number of hydrogen-bond donors (Lipinski definition) is 1. The van der Waals surface area contributed by atoms with E-state index in [9.17, 15) is 9.18 Å². The molecule has 36 heavy (non-hydrogen) atoms. The molecule has 0 spiro atoms. The zero-order valence-corrected chi connectivity index (χ0v) is 20.7. The Kier molecular flexibility index (Phi) is 6.81. The number of ether oxygens (including phenoxy) is 2. The van der Waals surface area contributed by atoms with Gasteiger partial charge in [0.1, 0.15) is 23.3 Å². The van der Waals surface area contributed by atoms with Crippen molar-refractivity contribution in [2.45, 2.75) is 25.0 Å². The number of amides is 1. The van der Waals surface area contributed by atoms with Gasteiger partial charge in [-0.1, -0.05) is 36.0 Å². The maximum absolute atomic E-state index is 15.1.